The van der Waals surface area contributed by atoms with Crippen molar-refractivity contribution in [2.45, 2.75) is 6.92 Å². The molecule has 0 unspecified atom stereocenters. The Labute approximate surface area is 115 Å². The Balaban J connectivity index is 2.28. The summed E-state index contributed by atoms with van der Waals surface area (Å²) in [4.78, 5) is 17.8. The highest BCUT2D eigenvalue weighted by Gasteiger charge is 2.24. The molecule has 7 heteroatoms. The molecule has 3 rings (SSSR count). The molecule has 2 aromatic rings. The molecular weight excluding hydrogens is 260 g/mol. The van der Waals surface area contributed by atoms with Crippen molar-refractivity contribution >= 4 is 22.7 Å². The highest BCUT2D eigenvalue weighted by molar-refractivity contribution is 6.04. The first kappa shape index (κ1) is 12.9. The minimum atomic E-state index is -0.968. The van der Waals surface area contributed by atoms with E-state index in [1.165, 1.54) is 6.20 Å². The molecule has 0 aromatic carbocycles. The Kier molecular flexibility index (Phi) is 3.06. The van der Waals surface area contributed by atoms with Crippen LogP contribution in [0.2, 0.25) is 0 Å². The number of carboxylic acid groups (broad SMARTS) is 1. The van der Waals surface area contributed by atoms with E-state index in [4.69, 9.17) is 4.74 Å². The third kappa shape index (κ3) is 1.90. The maximum absolute atomic E-state index is 11.5. The van der Waals surface area contributed by atoms with Crippen LogP contribution >= 0.6 is 0 Å². The van der Waals surface area contributed by atoms with Crippen molar-refractivity contribution in [3.63, 3.8) is 0 Å². The Bertz CT molecular complexity index is 674. The summed E-state index contributed by atoms with van der Waals surface area (Å²) in [6.07, 6.45) is 1.41. The molecule has 0 atom stereocenters. The number of rotatable bonds is 2. The SMILES string of the molecule is Cc1nn(C)c2ncc(C(=O)O)c(N3CCOCC3)c12. The fourth-order valence-electron chi connectivity index (χ4n) is 2.66. The summed E-state index contributed by atoms with van der Waals surface area (Å²) in [5.41, 5.74) is 2.42. The molecule has 0 aliphatic carbocycles. The van der Waals surface area contributed by atoms with Crippen LogP contribution in [0.3, 0.4) is 0 Å². The topological polar surface area (TPSA) is 80.5 Å². The van der Waals surface area contributed by atoms with Gasteiger partial charge in [0, 0.05) is 26.3 Å². The lowest BCUT2D eigenvalue weighted by Gasteiger charge is -2.30. The number of anilines is 1. The molecule has 1 fully saturated rings. The quantitative estimate of drug-likeness (QED) is 0.874. The number of pyridine rings is 1. The van der Waals surface area contributed by atoms with Gasteiger partial charge in [-0.1, -0.05) is 0 Å². The maximum Gasteiger partial charge on any atom is 0.339 e. The van der Waals surface area contributed by atoms with Crippen LogP contribution in [0.1, 0.15) is 16.1 Å². The van der Waals surface area contributed by atoms with Crippen molar-refractivity contribution in [2.75, 3.05) is 31.2 Å². The van der Waals surface area contributed by atoms with E-state index in [9.17, 15) is 9.90 Å². The number of carbonyl (C=O) groups is 1. The van der Waals surface area contributed by atoms with Crippen molar-refractivity contribution in [1.29, 1.82) is 0 Å². The zero-order valence-corrected chi connectivity index (χ0v) is 11.5. The van der Waals surface area contributed by atoms with Gasteiger partial charge in [0.2, 0.25) is 0 Å². The summed E-state index contributed by atoms with van der Waals surface area (Å²) in [5.74, 6) is -0.968. The van der Waals surface area contributed by atoms with Gasteiger partial charge in [-0.25, -0.2) is 9.78 Å². The summed E-state index contributed by atoms with van der Waals surface area (Å²) in [7, 11) is 1.81. The van der Waals surface area contributed by atoms with E-state index in [1.807, 2.05) is 18.9 Å². The number of hydrogen-bond donors (Lipinski definition) is 1. The Hall–Kier alpha value is -2.15. The highest BCUT2D eigenvalue weighted by Crippen LogP contribution is 2.32. The molecule has 1 aliphatic rings. The smallest absolute Gasteiger partial charge is 0.339 e. The summed E-state index contributed by atoms with van der Waals surface area (Å²) < 4.78 is 7.02. The van der Waals surface area contributed by atoms with Crippen LogP contribution in [0.15, 0.2) is 6.20 Å². The number of hydrogen-bond acceptors (Lipinski definition) is 5. The largest absolute Gasteiger partial charge is 0.478 e. The van der Waals surface area contributed by atoms with Crippen LogP contribution in [0, 0.1) is 6.92 Å². The molecule has 0 amide bonds. The van der Waals surface area contributed by atoms with Crippen LogP contribution in [0.4, 0.5) is 5.69 Å². The molecule has 106 valence electrons. The zero-order chi connectivity index (χ0) is 14.3. The van der Waals surface area contributed by atoms with Gasteiger partial charge >= 0.3 is 5.97 Å². The van der Waals surface area contributed by atoms with E-state index < -0.39 is 5.97 Å². The molecule has 0 bridgehead atoms. The molecule has 1 saturated heterocycles. The van der Waals surface area contributed by atoms with Crippen LogP contribution in [0.5, 0.6) is 0 Å². The number of aromatic nitrogens is 3. The Morgan fingerprint density at radius 3 is 2.75 bits per heavy atom. The van der Waals surface area contributed by atoms with Crippen molar-refractivity contribution in [1.82, 2.24) is 14.8 Å². The van der Waals surface area contributed by atoms with E-state index in [0.717, 1.165) is 11.1 Å². The van der Waals surface area contributed by atoms with Gasteiger partial charge in [-0.2, -0.15) is 5.10 Å². The summed E-state index contributed by atoms with van der Waals surface area (Å²) in [5, 5.41) is 14.6. The molecule has 3 heterocycles. The number of nitrogens with zero attached hydrogens (tertiary/aromatic N) is 4. The Morgan fingerprint density at radius 2 is 2.10 bits per heavy atom. The lowest BCUT2D eigenvalue weighted by Crippen LogP contribution is -2.37. The number of aryl methyl sites for hydroxylation is 2. The zero-order valence-electron chi connectivity index (χ0n) is 11.5. The molecule has 1 N–H and O–H groups in total. The van der Waals surface area contributed by atoms with E-state index >= 15 is 0 Å². The van der Waals surface area contributed by atoms with Crippen molar-refractivity contribution in [2.24, 2.45) is 7.05 Å². The standard InChI is InChI=1S/C13H16N4O3/c1-8-10-11(17-3-5-20-6-4-17)9(13(18)19)7-14-12(10)16(2)15-8/h7H,3-6H2,1-2H3,(H,18,19). The number of aromatic carboxylic acids is 1. The van der Waals surface area contributed by atoms with Gasteiger partial charge < -0.3 is 14.7 Å². The van der Waals surface area contributed by atoms with E-state index in [2.05, 4.69) is 10.1 Å². The molecule has 2 aromatic heterocycles. The van der Waals surface area contributed by atoms with Crippen LogP contribution in [0.25, 0.3) is 11.0 Å². The van der Waals surface area contributed by atoms with Gasteiger partial charge in [0.1, 0.15) is 5.56 Å². The first-order valence-electron chi connectivity index (χ1n) is 6.48. The molecule has 20 heavy (non-hydrogen) atoms. The second kappa shape index (κ2) is 4.75. The number of fused-ring (bicyclic) bond motifs is 1. The maximum atomic E-state index is 11.5. The fourth-order valence-corrected chi connectivity index (χ4v) is 2.66. The number of ether oxygens (including phenoxy) is 1. The predicted molar refractivity (Wildman–Crippen MR) is 73.2 cm³/mol. The Morgan fingerprint density at radius 1 is 1.40 bits per heavy atom. The lowest BCUT2D eigenvalue weighted by molar-refractivity contribution is 0.0696. The molecule has 1 aliphatic heterocycles. The van der Waals surface area contributed by atoms with E-state index in [1.54, 1.807) is 4.68 Å². The molecule has 0 saturated carbocycles. The summed E-state index contributed by atoms with van der Waals surface area (Å²) in [6.45, 7) is 4.42. The predicted octanol–water partition coefficient (Wildman–Crippen LogP) is 0.812. The minimum Gasteiger partial charge on any atom is -0.478 e. The number of carboxylic acids is 1. The third-order valence-electron chi connectivity index (χ3n) is 3.56. The van der Waals surface area contributed by atoms with Gasteiger partial charge in [-0.3, -0.25) is 4.68 Å². The second-order valence-electron chi connectivity index (χ2n) is 4.83. The average Bonchev–Trinajstić information content (AvgIpc) is 2.74. The fraction of sp³-hybridized carbons (Fsp3) is 0.462. The summed E-state index contributed by atoms with van der Waals surface area (Å²) in [6, 6.07) is 0. The van der Waals surface area contributed by atoms with Gasteiger partial charge in [0.15, 0.2) is 5.65 Å². The van der Waals surface area contributed by atoms with Crippen molar-refractivity contribution in [3.05, 3.63) is 17.5 Å². The number of morpholine rings is 1. The highest BCUT2D eigenvalue weighted by atomic mass is 16.5. The lowest BCUT2D eigenvalue weighted by atomic mass is 10.1. The van der Waals surface area contributed by atoms with Gasteiger partial charge in [-0.05, 0) is 6.92 Å². The van der Waals surface area contributed by atoms with Crippen molar-refractivity contribution in [3.8, 4) is 0 Å². The monoisotopic (exact) mass is 276 g/mol. The third-order valence-corrected chi connectivity index (χ3v) is 3.56. The average molecular weight is 276 g/mol. The normalized spacial score (nSPS) is 15.8. The second-order valence-corrected chi connectivity index (χ2v) is 4.83. The first-order chi connectivity index (χ1) is 9.59. The van der Waals surface area contributed by atoms with E-state index in [0.29, 0.717) is 37.6 Å². The van der Waals surface area contributed by atoms with Gasteiger partial charge in [0.05, 0.1) is 30.0 Å². The van der Waals surface area contributed by atoms with Gasteiger partial charge in [0.25, 0.3) is 0 Å². The van der Waals surface area contributed by atoms with Gasteiger partial charge in [-0.15, -0.1) is 0 Å². The van der Waals surface area contributed by atoms with Crippen LogP contribution in [-0.2, 0) is 11.8 Å². The molecular formula is C13H16N4O3. The molecule has 7 nitrogen and oxygen atoms in total. The minimum absolute atomic E-state index is 0.218. The summed E-state index contributed by atoms with van der Waals surface area (Å²) >= 11 is 0. The molecule has 0 radical (unpaired) electrons. The van der Waals surface area contributed by atoms with Crippen molar-refractivity contribution < 1.29 is 14.6 Å². The first-order valence-corrected chi connectivity index (χ1v) is 6.48. The van der Waals surface area contributed by atoms with Crippen LogP contribution in [-0.4, -0.2) is 52.1 Å². The van der Waals surface area contributed by atoms with E-state index in [-0.39, 0.29) is 5.56 Å². The molecule has 0 spiro atoms. The van der Waals surface area contributed by atoms with Crippen LogP contribution < -0.4 is 4.90 Å².